The Morgan fingerprint density at radius 2 is 2.26 bits per heavy atom. The van der Waals surface area contributed by atoms with Crippen molar-refractivity contribution in [3.8, 4) is 0 Å². The van der Waals surface area contributed by atoms with E-state index in [9.17, 15) is 4.79 Å². The third kappa shape index (κ3) is 2.50. The van der Waals surface area contributed by atoms with Crippen molar-refractivity contribution in [2.75, 3.05) is 18.6 Å². The quantitative estimate of drug-likeness (QED) is 0.616. The maximum atomic E-state index is 12.8. The van der Waals surface area contributed by atoms with Gasteiger partial charge in [0, 0.05) is 37.2 Å². The molecule has 0 N–H and O–H groups in total. The van der Waals surface area contributed by atoms with E-state index in [1.54, 1.807) is 28.6 Å². The molecule has 1 aliphatic heterocycles. The highest BCUT2D eigenvalue weighted by Gasteiger charge is 2.29. The van der Waals surface area contributed by atoms with Gasteiger partial charge < -0.3 is 0 Å². The van der Waals surface area contributed by atoms with Crippen LogP contribution in [0.3, 0.4) is 0 Å². The zero-order valence-corrected chi connectivity index (χ0v) is 15.2. The van der Waals surface area contributed by atoms with Crippen LogP contribution >= 0.6 is 38.9 Å². The largest absolute Gasteiger partial charge is 0.292 e. The minimum Gasteiger partial charge on any atom is -0.285 e. The van der Waals surface area contributed by atoms with Crippen LogP contribution in [0, 0.1) is 0 Å². The summed E-state index contributed by atoms with van der Waals surface area (Å²) in [5.74, 6) is -0.151. The molecule has 0 unspecified atom stereocenters. The van der Waals surface area contributed by atoms with Gasteiger partial charge in [-0.1, -0.05) is 11.6 Å². The number of aromatic nitrogens is 3. The van der Waals surface area contributed by atoms with E-state index < -0.39 is 0 Å². The second-order valence-electron chi connectivity index (χ2n) is 5.17. The first-order valence-electron chi connectivity index (χ1n) is 6.87. The predicted octanol–water partition coefficient (Wildman–Crippen LogP) is 3.26. The number of hydrazine groups is 1. The van der Waals surface area contributed by atoms with Crippen molar-refractivity contribution >= 4 is 56.1 Å². The minimum atomic E-state index is -0.151. The second kappa shape index (κ2) is 5.47. The van der Waals surface area contributed by atoms with Crippen LogP contribution < -0.4 is 5.01 Å². The standard InChI is InChI=1S/C14H11BrClN5OS/c1-19-10-5-12(15)23-11(10)2-3-21(19)14(22)9-4-13-17-6-8(16)7-20(13)18-9/h4-7H,2-3H2,1H3. The van der Waals surface area contributed by atoms with E-state index in [4.69, 9.17) is 11.6 Å². The molecule has 0 spiro atoms. The normalized spacial score (nSPS) is 14.4. The number of anilines is 1. The summed E-state index contributed by atoms with van der Waals surface area (Å²) in [4.78, 5) is 18.3. The maximum Gasteiger partial charge on any atom is 0.292 e. The van der Waals surface area contributed by atoms with Crippen LogP contribution in [0.4, 0.5) is 5.69 Å². The van der Waals surface area contributed by atoms with Gasteiger partial charge in [-0.2, -0.15) is 5.10 Å². The van der Waals surface area contributed by atoms with E-state index in [0.717, 1.165) is 15.9 Å². The molecule has 0 radical (unpaired) electrons. The van der Waals surface area contributed by atoms with E-state index in [1.807, 2.05) is 18.1 Å². The molecule has 3 aromatic heterocycles. The van der Waals surface area contributed by atoms with Gasteiger partial charge in [-0.05, 0) is 22.0 Å². The topological polar surface area (TPSA) is 53.7 Å². The third-order valence-corrected chi connectivity index (χ3v) is 5.64. The monoisotopic (exact) mass is 411 g/mol. The fraction of sp³-hybridized carbons (Fsp3) is 0.214. The fourth-order valence-corrected chi connectivity index (χ4v) is 4.50. The molecule has 0 aliphatic carbocycles. The molecule has 0 saturated carbocycles. The van der Waals surface area contributed by atoms with E-state index in [-0.39, 0.29) is 5.91 Å². The number of hydrogen-bond acceptors (Lipinski definition) is 5. The zero-order valence-electron chi connectivity index (χ0n) is 12.0. The minimum absolute atomic E-state index is 0.151. The first kappa shape index (κ1) is 14.9. The number of halogens is 2. The number of rotatable bonds is 1. The van der Waals surface area contributed by atoms with Crippen LogP contribution in [0.1, 0.15) is 15.4 Å². The lowest BCUT2D eigenvalue weighted by molar-refractivity contribution is 0.0733. The lowest BCUT2D eigenvalue weighted by Gasteiger charge is -2.36. The summed E-state index contributed by atoms with van der Waals surface area (Å²) in [6, 6.07) is 3.70. The molecule has 0 aromatic carbocycles. The molecule has 4 rings (SSSR count). The predicted molar refractivity (Wildman–Crippen MR) is 93.2 cm³/mol. The number of hydrogen-bond donors (Lipinski definition) is 0. The van der Waals surface area contributed by atoms with Crippen LogP contribution in [-0.4, -0.2) is 39.1 Å². The summed E-state index contributed by atoms with van der Waals surface area (Å²) in [5, 5.41) is 8.35. The Kier molecular flexibility index (Phi) is 3.55. The lowest BCUT2D eigenvalue weighted by Crippen LogP contribution is -2.48. The SMILES string of the molecule is CN1c2cc(Br)sc2CCN1C(=O)c1cc2ncc(Cl)cn2n1. The number of thiophene rings is 1. The lowest BCUT2D eigenvalue weighted by atomic mass is 10.2. The van der Waals surface area contributed by atoms with E-state index in [2.05, 4.69) is 26.0 Å². The Balaban J connectivity index is 1.68. The highest BCUT2D eigenvalue weighted by molar-refractivity contribution is 9.11. The van der Waals surface area contributed by atoms with Gasteiger partial charge in [0.2, 0.25) is 0 Å². The molecule has 4 heterocycles. The van der Waals surface area contributed by atoms with Crippen molar-refractivity contribution in [1.29, 1.82) is 0 Å². The van der Waals surface area contributed by atoms with Crippen molar-refractivity contribution in [3.63, 3.8) is 0 Å². The van der Waals surface area contributed by atoms with Gasteiger partial charge in [-0.3, -0.25) is 9.80 Å². The molecule has 3 aromatic rings. The van der Waals surface area contributed by atoms with Crippen LogP contribution in [-0.2, 0) is 6.42 Å². The van der Waals surface area contributed by atoms with E-state index in [1.165, 1.54) is 15.6 Å². The number of carbonyl (C=O) groups is 1. The molecule has 1 amide bonds. The van der Waals surface area contributed by atoms with Gasteiger partial charge in [0.1, 0.15) is 0 Å². The molecule has 23 heavy (non-hydrogen) atoms. The summed E-state index contributed by atoms with van der Waals surface area (Å²) in [7, 11) is 1.89. The Labute approximate surface area is 149 Å². The summed E-state index contributed by atoms with van der Waals surface area (Å²) in [6.07, 6.45) is 4.00. The van der Waals surface area contributed by atoms with Crippen molar-refractivity contribution < 1.29 is 4.79 Å². The van der Waals surface area contributed by atoms with E-state index >= 15 is 0 Å². The van der Waals surface area contributed by atoms with Crippen LogP contribution in [0.15, 0.2) is 28.3 Å². The molecule has 118 valence electrons. The smallest absolute Gasteiger partial charge is 0.285 e. The molecule has 0 saturated heterocycles. The van der Waals surface area contributed by atoms with Crippen LogP contribution in [0.25, 0.3) is 5.65 Å². The highest BCUT2D eigenvalue weighted by Crippen LogP contribution is 2.37. The number of fused-ring (bicyclic) bond motifs is 2. The third-order valence-electron chi connectivity index (χ3n) is 3.75. The summed E-state index contributed by atoms with van der Waals surface area (Å²) >= 11 is 11.1. The number of amides is 1. The maximum absolute atomic E-state index is 12.8. The van der Waals surface area contributed by atoms with Crippen molar-refractivity contribution in [2.24, 2.45) is 0 Å². The van der Waals surface area contributed by atoms with Gasteiger partial charge in [0.25, 0.3) is 5.91 Å². The second-order valence-corrected chi connectivity index (χ2v) is 8.12. The summed E-state index contributed by atoms with van der Waals surface area (Å²) in [5.41, 5.74) is 1.99. The van der Waals surface area contributed by atoms with E-state index in [0.29, 0.717) is 22.9 Å². The van der Waals surface area contributed by atoms with Gasteiger partial charge >= 0.3 is 0 Å². The Bertz CT molecular complexity index is 923. The molecule has 1 aliphatic rings. The molecule has 9 heteroatoms. The average molecular weight is 413 g/mol. The molecule has 0 fully saturated rings. The summed E-state index contributed by atoms with van der Waals surface area (Å²) < 4.78 is 2.58. The first-order chi connectivity index (χ1) is 11.0. The Hall–Kier alpha value is -1.64. The van der Waals surface area contributed by atoms with Crippen LogP contribution in [0.5, 0.6) is 0 Å². The van der Waals surface area contributed by atoms with Gasteiger partial charge in [-0.25, -0.2) is 14.5 Å². The van der Waals surface area contributed by atoms with Crippen molar-refractivity contribution in [3.05, 3.63) is 43.9 Å². The Morgan fingerprint density at radius 3 is 3.09 bits per heavy atom. The fourth-order valence-electron chi connectivity index (χ4n) is 2.66. The first-order valence-corrected chi connectivity index (χ1v) is 8.86. The molecular weight excluding hydrogens is 402 g/mol. The van der Waals surface area contributed by atoms with Crippen molar-refractivity contribution in [1.82, 2.24) is 19.6 Å². The molecular formula is C14H11BrClN5OS. The number of carbonyl (C=O) groups excluding carboxylic acids is 1. The number of nitrogens with zero attached hydrogens (tertiary/aromatic N) is 5. The molecule has 0 bridgehead atoms. The summed E-state index contributed by atoms with van der Waals surface area (Å²) in [6.45, 7) is 0.622. The van der Waals surface area contributed by atoms with Gasteiger partial charge in [-0.15, -0.1) is 11.3 Å². The van der Waals surface area contributed by atoms with Gasteiger partial charge in [0.05, 0.1) is 20.7 Å². The average Bonchev–Trinajstić information content (AvgIpc) is 3.09. The van der Waals surface area contributed by atoms with Crippen LogP contribution in [0.2, 0.25) is 5.02 Å². The zero-order chi connectivity index (χ0) is 16.1. The Morgan fingerprint density at radius 1 is 1.43 bits per heavy atom. The highest BCUT2D eigenvalue weighted by atomic mass is 79.9. The van der Waals surface area contributed by atoms with Gasteiger partial charge in [0.15, 0.2) is 11.3 Å². The molecule has 6 nitrogen and oxygen atoms in total. The van der Waals surface area contributed by atoms with Crippen molar-refractivity contribution in [2.45, 2.75) is 6.42 Å². The molecule has 0 atom stereocenters.